The number of nitrogens with zero attached hydrogens (tertiary/aromatic N) is 1. The van der Waals surface area contributed by atoms with Crippen molar-refractivity contribution < 1.29 is 4.74 Å². The third-order valence-electron chi connectivity index (χ3n) is 4.45. The molecule has 2 atom stereocenters. The van der Waals surface area contributed by atoms with E-state index in [-0.39, 0.29) is 0 Å². The van der Waals surface area contributed by atoms with Crippen LogP contribution in [0.1, 0.15) is 27.7 Å². The monoisotopic (exact) mass is 197 g/mol. The van der Waals surface area contributed by atoms with E-state index < -0.39 is 0 Å². The zero-order valence-electron chi connectivity index (χ0n) is 9.92. The number of piperidine rings is 1. The van der Waals surface area contributed by atoms with Gasteiger partial charge in [0.05, 0.1) is 13.2 Å². The summed E-state index contributed by atoms with van der Waals surface area (Å²) >= 11 is 0. The van der Waals surface area contributed by atoms with Crippen LogP contribution in [-0.4, -0.2) is 37.2 Å². The Balaban J connectivity index is 2.06. The maximum absolute atomic E-state index is 5.43. The average molecular weight is 197 g/mol. The number of likely N-dealkylation sites (tertiary alicyclic amines) is 1. The van der Waals surface area contributed by atoms with Gasteiger partial charge < -0.3 is 9.64 Å². The number of hydrogen-bond donors (Lipinski definition) is 0. The molecular formula is C12H23NO. The van der Waals surface area contributed by atoms with Gasteiger partial charge in [-0.2, -0.15) is 0 Å². The van der Waals surface area contributed by atoms with Crippen LogP contribution in [-0.2, 0) is 4.74 Å². The molecule has 2 fully saturated rings. The number of rotatable bonds is 1. The van der Waals surface area contributed by atoms with Gasteiger partial charge in [-0.25, -0.2) is 0 Å². The van der Waals surface area contributed by atoms with Gasteiger partial charge in [0.2, 0.25) is 0 Å². The smallest absolute Gasteiger partial charge is 0.0550 e. The highest BCUT2D eigenvalue weighted by atomic mass is 16.5. The van der Waals surface area contributed by atoms with Gasteiger partial charge in [-0.1, -0.05) is 13.8 Å². The Morgan fingerprint density at radius 3 is 1.93 bits per heavy atom. The van der Waals surface area contributed by atoms with Gasteiger partial charge in [0.15, 0.2) is 0 Å². The minimum atomic E-state index is 0.519. The summed E-state index contributed by atoms with van der Waals surface area (Å²) in [5.41, 5.74) is 0.519. The molecule has 2 saturated heterocycles. The lowest BCUT2D eigenvalue weighted by Gasteiger charge is -2.56. The van der Waals surface area contributed by atoms with Crippen molar-refractivity contribution in [2.75, 3.05) is 26.3 Å². The van der Waals surface area contributed by atoms with Crippen LogP contribution < -0.4 is 0 Å². The molecule has 0 unspecified atom stereocenters. The Labute approximate surface area is 87.6 Å². The van der Waals surface area contributed by atoms with Gasteiger partial charge >= 0.3 is 0 Å². The van der Waals surface area contributed by atoms with E-state index in [4.69, 9.17) is 4.74 Å². The van der Waals surface area contributed by atoms with Crippen LogP contribution in [0.25, 0.3) is 0 Å². The van der Waals surface area contributed by atoms with Gasteiger partial charge in [0.25, 0.3) is 0 Å². The van der Waals surface area contributed by atoms with Gasteiger partial charge in [0, 0.05) is 24.5 Å². The van der Waals surface area contributed by atoms with Crippen molar-refractivity contribution in [3.63, 3.8) is 0 Å². The van der Waals surface area contributed by atoms with E-state index in [0.29, 0.717) is 11.5 Å². The summed E-state index contributed by atoms with van der Waals surface area (Å²) in [5, 5.41) is 0. The zero-order valence-corrected chi connectivity index (χ0v) is 9.92. The predicted molar refractivity (Wildman–Crippen MR) is 58.3 cm³/mol. The van der Waals surface area contributed by atoms with Crippen molar-refractivity contribution in [1.29, 1.82) is 0 Å². The molecule has 2 aliphatic heterocycles. The van der Waals surface area contributed by atoms with E-state index in [9.17, 15) is 0 Å². The van der Waals surface area contributed by atoms with Crippen LogP contribution in [0.3, 0.4) is 0 Å². The second-order valence-electron chi connectivity index (χ2n) is 5.58. The van der Waals surface area contributed by atoms with E-state index in [1.807, 2.05) is 0 Å². The quantitative estimate of drug-likeness (QED) is 0.637. The molecule has 82 valence electrons. The molecule has 2 nitrogen and oxygen atoms in total. The Hall–Kier alpha value is -0.0800. The summed E-state index contributed by atoms with van der Waals surface area (Å²) in [5.74, 6) is 1.59. The topological polar surface area (TPSA) is 12.5 Å². The summed E-state index contributed by atoms with van der Waals surface area (Å²) in [6, 6.07) is 0.693. The molecule has 0 aromatic rings. The van der Waals surface area contributed by atoms with Crippen molar-refractivity contribution in [2.45, 2.75) is 33.7 Å². The van der Waals surface area contributed by atoms with Crippen molar-refractivity contribution in [2.24, 2.45) is 17.3 Å². The van der Waals surface area contributed by atoms with Crippen molar-refractivity contribution >= 4 is 0 Å². The third-order valence-corrected chi connectivity index (χ3v) is 4.45. The molecule has 0 aromatic carbocycles. The summed E-state index contributed by atoms with van der Waals surface area (Å²) < 4.78 is 5.43. The standard InChI is InChI=1S/C12H23NO/c1-9(2)13-5-10(3)12(7-14-8-12)11(4)6-13/h9-11H,5-8H2,1-4H3/t10-,11-/m0/s1. The first-order valence-corrected chi connectivity index (χ1v) is 5.88. The Morgan fingerprint density at radius 2 is 1.64 bits per heavy atom. The molecule has 0 radical (unpaired) electrons. The Bertz CT molecular complexity index is 196. The van der Waals surface area contributed by atoms with E-state index >= 15 is 0 Å². The van der Waals surface area contributed by atoms with Gasteiger partial charge in [0.1, 0.15) is 0 Å². The largest absolute Gasteiger partial charge is 0.380 e. The third kappa shape index (κ3) is 1.40. The zero-order chi connectivity index (χ0) is 10.3. The molecule has 2 heterocycles. The molecule has 1 spiro atoms. The lowest BCUT2D eigenvalue weighted by atomic mass is 9.63. The summed E-state index contributed by atoms with van der Waals surface area (Å²) in [6.45, 7) is 13.9. The lowest BCUT2D eigenvalue weighted by Crippen LogP contribution is -2.61. The van der Waals surface area contributed by atoms with Gasteiger partial charge in [-0.05, 0) is 25.7 Å². The van der Waals surface area contributed by atoms with Crippen molar-refractivity contribution in [1.82, 2.24) is 4.90 Å². The first-order valence-electron chi connectivity index (χ1n) is 5.88. The minimum Gasteiger partial charge on any atom is -0.380 e. The second-order valence-corrected chi connectivity index (χ2v) is 5.58. The lowest BCUT2D eigenvalue weighted by molar-refractivity contribution is -0.198. The fraction of sp³-hybridized carbons (Fsp3) is 1.00. The first-order chi connectivity index (χ1) is 6.56. The van der Waals surface area contributed by atoms with E-state index in [0.717, 1.165) is 25.0 Å². The molecule has 2 heteroatoms. The predicted octanol–water partition coefficient (Wildman–Crippen LogP) is 2.00. The van der Waals surface area contributed by atoms with E-state index in [1.54, 1.807) is 0 Å². The summed E-state index contributed by atoms with van der Waals surface area (Å²) in [4.78, 5) is 2.61. The molecule has 0 aliphatic carbocycles. The normalized spacial score (nSPS) is 37.5. The summed E-state index contributed by atoms with van der Waals surface area (Å²) in [6.07, 6.45) is 0. The molecule has 0 amide bonds. The maximum atomic E-state index is 5.43. The maximum Gasteiger partial charge on any atom is 0.0550 e. The van der Waals surface area contributed by atoms with Crippen molar-refractivity contribution in [3.05, 3.63) is 0 Å². The highest BCUT2D eigenvalue weighted by Crippen LogP contribution is 2.46. The fourth-order valence-electron chi connectivity index (χ4n) is 2.96. The molecule has 2 aliphatic rings. The molecule has 0 bridgehead atoms. The highest BCUT2D eigenvalue weighted by Gasteiger charge is 2.51. The van der Waals surface area contributed by atoms with Crippen LogP contribution in [0.5, 0.6) is 0 Å². The van der Waals surface area contributed by atoms with Crippen LogP contribution >= 0.6 is 0 Å². The molecule has 2 rings (SSSR count). The fourth-order valence-corrected chi connectivity index (χ4v) is 2.96. The minimum absolute atomic E-state index is 0.519. The van der Waals surface area contributed by atoms with Crippen LogP contribution in [0.4, 0.5) is 0 Å². The SMILES string of the molecule is CC(C)N1C[C@H](C)C2(COC2)[C@@H](C)C1. The summed E-state index contributed by atoms with van der Waals surface area (Å²) in [7, 11) is 0. The first kappa shape index (κ1) is 10.4. The highest BCUT2D eigenvalue weighted by molar-refractivity contribution is 4.99. The van der Waals surface area contributed by atoms with E-state index in [1.165, 1.54) is 13.1 Å². The van der Waals surface area contributed by atoms with Crippen LogP contribution in [0.15, 0.2) is 0 Å². The molecule has 0 N–H and O–H groups in total. The number of hydrogen-bond acceptors (Lipinski definition) is 2. The van der Waals surface area contributed by atoms with Gasteiger partial charge in [-0.3, -0.25) is 0 Å². The molecule has 0 saturated carbocycles. The molecule has 0 aromatic heterocycles. The van der Waals surface area contributed by atoms with Crippen LogP contribution in [0.2, 0.25) is 0 Å². The molecule has 14 heavy (non-hydrogen) atoms. The second kappa shape index (κ2) is 3.49. The van der Waals surface area contributed by atoms with Crippen LogP contribution in [0, 0.1) is 17.3 Å². The van der Waals surface area contributed by atoms with Gasteiger partial charge in [-0.15, -0.1) is 0 Å². The molecular weight excluding hydrogens is 174 g/mol. The number of ether oxygens (including phenoxy) is 1. The average Bonchev–Trinajstić information content (AvgIpc) is 1.99. The Morgan fingerprint density at radius 1 is 1.14 bits per heavy atom. The van der Waals surface area contributed by atoms with E-state index in [2.05, 4.69) is 32.6 Å². The Kier molecular flexibility index (Phi) is 2.61. The van der Waals surface area contributed by atoms with Crippen molar-refractivity contribution in [3.8, 4) is 0 Å².